The van der Waals surface area contributed by atoms with Crippen molar-refractivity contribution < 1.29 is 14.3 Å². The van der Waals surface area contributed by atoms with Crippen molar-refractivity contribution in [3.63, 3.8) is 0 Å². The van der Waals surface area contributed by atoms with Gasteiger partial charge in [-0.1, -0.05) is 24.3 Å². The average Bonchev–Trinajstić information content (AvgIpc) is 3.50. The number of likely N-dealkylation sites (tertiary alicyclic amines) is 1. The molecule has 32 heavy (non-hydrogen) atoms. The van der Waals surface area contributed by atoms with E-state index in [0.717, 1.165) is 36.1 Å². The van der Waals surface area contributed by atoms with Crippen LogP contribution in [0.5, 0.6) is 0 Å². The number of aliphatic hydroxyl groups excluding tert-OH is 1. The fourth-order valence-corrected chi connectivity index (χ4v) is 5.86. The normalized spacial score (nSPS) is 26.7. The predicted octanol–water partition coefficient (Wildman–Crippen LogP) is 2.46. The maximum atomic E-state index is 13.9. The molecule has 3 heterocycles. The van der Waals surface area contributed by atoms with Gasteiger partial charge in [-0.3, -0.25) is 14.5 Å². The summed E-state index contributed by atoms with van der Waals surface area (Å²) in [7, 11) is 1.87. The number of hydrogen-bond acceptors (Lipinski definition) is 4. The molecule has 0 spiro atoms. The zero-order valence-corrected chi connectivity index (χ0v) is 18.1. The summed E-state index contributed by atoms with van der Waals surface area (Å²) in [6, 6.07) is 9.63. The molecule has 1 fully saturated rings. The van der Waals surface area contributed by atoms with Gasteiger partial charge in [-0.15, -0.1) is 0 Å². The number of amides is 1. The molecule has 1 amide bonds. The molecule has 7 heteroatoms. The van der Waals surface area contributed by atoms with Crippen molar-refractivity contribution in [2.45, 2.75) is 44.4 Å². The Morgan fingerprint density at radius 2 is 2.06 bits per heavy atom. The molecule has 5 rings (SSSR count). The van der Waals surface area contributed by atoms with E-state index in [9.17, 15) is 19.1 Å². The molecule has 1 saturated heterocycles. The molecular formula is C25H28FN3O3. The Morgan fingerprint density at radius 1 is 1.25 bits per heavy atom. The quantitative estimate of drug-likeness (QED) is 0.754. The van der Waals surface area contributed by atoms with Crippen LogP contribution in [-0.4, -0.2) is 40.2 Å². The highest BCUT2D eigenvalue weighted by atomic mass is 19.1. The second-order valence-electron chi connectivity index (χ2n) is 9.08. The van der Waals surface area contributed by atoms with E-state index in [1.807, 2.05) is 28.6 Å². The van der Waals surface area contributed by atoms with E-state index >= 15 is 0 Å². The van der Waals surface area contributed by atoms with Crippen LogP contribution in [0.2, 0.25) is 0 Å². The Kier molecular flexibility index (Phi) is 5.47. The summed E-state index contributed by atoms with van der Waals surface area (Å²) in [6.45, 7) is 0.439. The summed E-state index contributed by atoms with van der Waals surface area (Å²) >= 11 is 0. The lowest BCUT2D eigenvalue weighted by atomic mass is 9.88. The number of aromatic nitrogens is 1. The van der Waals surface area contributed by atoms with Gasteiger partial charge in [-0.2, -0.15) is 0 Å². The Bertz CT molecular complexity index is 1140. The maximum Gasteiger partial charge on any atom is 0.258 e. The summed E-state index contributed by atoms with van der Waals surface area (Å²) in [5, 5.41) is 13.0. The highest BCUT2D eigenvalue weighted by Crippen LogP contribution is 2.48. The second-order valence-corrected chi connectivity index (χ2v) is 9.08. The Morgan fingerprint density at radius 3 is 2.78 bits per heavy atom. The van der Waals surface area contributed by atoms with E-state index in [1.54, 1.807) is 18.2 Å². The van der Waals surface area contributed by atoms with Gasteiger partial charge in [0, 0.05) is 48.4 Å². The number of hydrogen-bond donors (Lipinski definition) is 2. The van der Waals surface area contributed by atoms with Gasteiger partial charge in [0.15, 0.2) is 0 Å². The Labute approximate surface area is 186 Å². The zero-order valence-electron chi connectivity index (χ0n) is 18.1. The largest absolute Gasteiger partial charge is 0.396 e. The lowest BCUT2D eigenvalue weighted by Crippen LogP contribution is -2.46. The van der Waals surface area contributed by atoms with Crippen LogP contribution in [0.25, 0.3) is 5.57 Å². The van der Waals surface area contributed by atoms with E-state index in [1.165, 1.54) is 6.07 Å². The molecule has 168 valence electrons. The van der Waals surface area contributed by atoms with Crippen LogP contribution in [-0.2, 0) is 17.9 Å². The topological polar surface area (TPSA) is 74.6 Å². The molecule has 0 saturated carbocycles. The van der Waals surface area contributed by atoms with E-state index in [4.69, 9.17) is 0 Å². The molecule has 0 unspecified atom stereocenters. The van der Waals surface area contributed by atoms with Crippen LogP contribution in [0, 0.1) is 17.7 Å². The second kappa shape index (κ2) is 8.30. The summed E-state index contributed by atoms with van der Waals surface area (Å²) in [5.41, 5.74) is 3.24. The summed E-state index contributed by atoms with van der Waals surface area (Å²) in [4.78, 5) is 28.3. The number of aliphatic hydroxyl groups is 1. The van der Waals surface area contributed by atoms with Crippen LogP contribution in [0.3, 0.4) is 0 Å². The first-order chi connectivity index (χ1) is 15.5. The SMILES string of the molecule is CN1[C@@H]2c3ccc(C4=CCCC4)c(=O)n3C[C@@H]2[C@@H](CO)[C@@H]1C(=O)NCc1ccccc1F. The van der Waals surface area contributed by atoms with Gasteiger partial charge in [0.25, 0.3) is 5.56 Å². The van der Waals surface area contributed by atoms with Crippen molar-refractivity contribution in [3.05, 3.63) is 75.5 Å². The fraction of sp³-hybridized carbons (Fsp3) is 0.440. The minimum Gasteiger partial charge on any atom is -0.396 e. The van der Waals surface area contributed by atoms with Crippen molar-refractivity contribution in [2.24, 2.45) is 11.8 Å². The molecule has 4 atom stereocenters. The standard InChI is InChI=1S/C25H28FN3O3/c1-28-22-18(13-29-21(22)11-10-17(25(29)32)15-6-2-3-7-15)19(14-30)23(28)24(31)27-12-16-8-4-5-9-20(16)26/h4-6,8-11,18-19,22-23,30H,2-3,7,12-14H2,1H3,(H,27,31)/t18-,19-,22+,23-/m1/s1. The van der Waals surface area contributed by atoms with Crippen molar-refractivity contribution in [3.8, 4) is 0 Å². The number of halogens is 1. The highest BCUT2D eigenvalue weighted by molar-refractivity contribution is 5.82. The molecule has 0 radical (unpaired) electrons. The van der Waals surface area contributed by atoms with Crippen molar-refractivity contribution in [2.75, 3.05) is 13.7 Å². The number of carbonyl (C=O) groups excluding carboxylic acids is 1. The Balaban J connectivity index is 1.39. The third-order valence-electron chi connectivity index (χ3n) is 7.42. The number of likely N-dealkylation sites (N-methyl/N-ethyl adjacent to an activating group) is 1. The van der Waals surface area contributed by atoms with Crippen molar-refractivity contribution >= 4 is 11.5 Å². The predicted molar refractivity (Wildman–Crippen MR) is 119 cm³/mol. The summed E-state index contributed by atoms with van der Waals surface area (Å²) in [5.74, 6) is -0.927. The molecule has 2 aliphatic heterocycles. The first kappa shape index (κ1) is 21.1. The number of pyridine rings is 1. The summed E-state index contributed by atoms with van der Waals surface area (Å²) in [6.07, 6.45) is 5.18. The van der Waals surface area contributed by atoms with Crippen LogP contribution in [0.4, 0.5) is 4.39 Å². The number of nitrogens with one attached hydrogen (secondary N) is 1. The lowest BCUT2D eigenvalue weighted by Gasteiger charge is -2.27. The highest BCUT2D eigenvalue weighted by Gasteiger charge is 2.54. The minimum atomic E-state index is -0.539. The van der Waals surface area contributed by atoms with Gasteiger partial charge in [0.2, 0.25) is 5.91 Å². The molecule has 3 aliphatic rings. The number of allylic oxidation sites excluding steroid dienone is 2. The molecule has 1 aromatic heterocycles. The monoisotopic (exact) mass is 437 g/mol. The van der Waals surface area contributed by atoms with Gasteiger partial charge in [-0.05, 0) is 50.1 Å². The molecule has 2 aromatic rings. The number of carbonyl (C=O) groups is 1. The van der Waals surface area contributed by atoms with Gasteiger partial charge < -0.3 is 15.0 Å². The van der Waals surface area contributed by atoms with Gasteiger partial charge >= 0.3 is 0 Å². The third kappa shape index (κ3) is 3.31. The van der Waals surface area contributed by atoms with E-state index < -0.39 is 6.04 Å². The number of rotatable bonds is 5. The lowest BCUT2D eigenvalue weighted by molar-refractivity contribution is -0.127. The maximum absolute atomic E-state index is 13.9. The molecule has 6 nitrogen and oxygen atoms in total. The first-order valence-corrected chi connectivity index (χ1v) is 11.3. The van der Waals surface area contributed by atoms with Crippen molar-refractivity contribution in [1.29, 1.82) is 0 Å². The van der Waals surface area contributed by atoms with Gasteiger partial charge in [0.1, 0.15) is 5.82 Å². The molecule has 1 aromatic carbocycles. The van der Waals surface area contributed by atoms with Crippen LogP contribution in [0.1, 0.15) is 42.1 Å². The molecule has 1 aliphatic carbocycles. The van der Waals surface area contributed by atoms with Crippen LogP contribution >= 0.6 is 0 Å². The van der Waals surface area contributed by atoms with E-state index in [0.29, 0.717) is 12.1 Å². The Hall–Kier alpha value is -2.77. The van der Waals surface area contributed by atoms with Crippen molar-refractivity contribution in [1.82, 2.24) is 14.8 Å². The summed E-state index contributed by atoms with van der Waals surface area (Å²) < 4.78 is 15.8. The van der Waals surface area contributed by atoms with Crippen LogP contribution < -0.4 is 10.9 Å². The zero-order chi connectivity index (χ0) is 22.4. The van der Waals surface area contributed by atoms with Crippen LogP contribution in [0.15, 0.2) is 47.3 Å². The van der Waals surface area contributed by atoms with E-state index in [-0.39, 0.29) is 48.3 Å². The molecular weight excluding hydrogens is 409 g/mol. The minimum absolute atomic E-state index is 0.0238. The van der Waals surface area contributed by atoms with Gasteiger partial charge in [0.05, 0.1) is 12.1 Å². The number of nitrogens with zero attached hydrogens (tertiary/aromatic N) is 2. The number of fused-ring (bicyclic) bond motifs is 3. The van der Waals surface area contributed by atoms with Gasteiger partial charge in [-0.25, -0.2) is 4.39 Å². The van der Waals surface area contributed by atoms with E-state index in [2.05, 4.69) is 11.4 Å². The third-order valence-corrected chi connectivity index (χ3v) is 7.42. The number of benzene rings is 1. The first-order valence-electron chi connectivity index (χ1n) is 11.3. The average molecular weight is 438 g/mol. The molecule has 2 N–H and O–H groups in total. The smallest absolute Gasteiger partial charge is 0.258 e. The molecule has 0 bridgehead atoms. The fourth-order valence-electron chi connectivity index (χ4n) is 5.86.